The molecular weight excluding hydrogens is 388 g/mol. The summed E-state index contributed by atoms with van der Waals surface area (Å²) in [6.07, 6.45) is 3.07. The molecule has 28 heavy (non-hydrogen) atoms. The predicted molar refractivity (Wildman–Crippen MR) is 102 cm³/mol. The summed E-state index contributed by atoms with van der Waals surface area (Å²) in [5.74, 6) is -1.88. The zero-order valence-electron chi connectivity index (χ0n) is 15.0. The molecule has 1 N–H and O–H groups in total. The van der Waals surface area contributed by atoms with Gasteiger partial charge in [0.15, 0.2) is 11.6 Å². The molecule has 1 atom stereocenters. The largest absolute Gasteiger partial charge is 0.488 e. The van der Waals surface area contributed by atoms with Gasteiger partial charge < -0.3 is 10.1 Å². The molecular formula is C20H18ClF2N3O2. The highest BCUT2D eigenvalue weighted by molar-refractivity contribution is 6.31. The molecule has 1 amide bonds. The second-order valence-electron chi connectivity index (χ2n) is 6.28. The molecule has 0 bridgehead atoms. The molecule has 0 aliphatic carbocycles. The van der Waals surface area contributed by atoms with Gasteiger partial charge in [-0.25, -0.2) is 8.78 Å². The summed E-state index contributed by atoms with van der Waals surface area (Å²) in [5, 5.41) is 7.55. The number of aromatic nitrogens is 2. The van der Waals surface area contributed by atoms with Crippen LogP contribution in [0.4, 0.5) is 8.78 Å². The van der Waals surface area contributed by atoms with E-state index in [0.29, 0.717) is 17.1 Å². The summed E-state index contributed by atoms with van der Waals surface area (Å²) in [7, 11) is 0. The number of nitrogens with zero attached hydrogens (tertiary/aromatic N) is 2. The Hall–Kier alpha value is -2.93. The van der Waals surface area contributed by atoms with Crippen LogP contribution in [-0.2, 0) is 6.54 Å². The maximum atomic E-state index is 13.6. The van der Waals surface area contributed by atoms with Crippen LogP contribution >= 0.6 is 11.6 Å². The number of carbonyl (C=O) groups excluding carboxylic acids is 1. The highest BCUT2D eigenvalue weighted by Crippen LogP contribution is 2.18. The minimum absolute atomic E-state index is 0.0298. The molecule has 0 radical (unpaired) electrons. The first-order valence-electron chi connectivity index (χ1n) is 8.57. The number of benzene rings is 2. The van der Waals surface area contributed by atoms with Crippen molar-refractivity contribution in [2.24, 2.45) is 0 Å². The van der Waals surface area contributed by atoms with Crippen molar-refractivity contribution in [1.82, 2.24) is 15.1 Å². The van der Waals surface area contributed by atoms with E-state index in [1.165, 1.54) is 12.3 Å². The molecule has 2 aromatic carbocycles. The number of amides is 1. The first-order chi connectivity index (χ1) is 13.4. The molecule has 3 rings (SSSR count). The summed E-state index contributed by atoms with van der Waals surface area (Å²) in [6, 6.07) is 10.1. The second-order valence-corrected chi connectivity index (χ2v) is 6.69. The first kappa shape index (κ1) is 19.8. The van der Waals surface area contributed by atoms with E-state index in [1.807, 2.05) is 18.2 Å². The Morgan fingerprint density at radius 2 is 2.07 bits per heavy atom. The van der Waals surface area contributed by atoms with Gasteiger partial charge in [0.05, 0.1) is 24.3 Å². The molecule has 0 saturated carbocycles. The maximum absolute atomic E-state index is 13.6. The molecule has 1 heterocycles. The smallest absolute Gasteiger partial charge is 0.254 e. The number of carbonyl (C=O) groups is 1. The summed E-state index contributed by atoms with van der Waals surface area (Å²) in [5.41, 5.74) is 1.27. The molecule has 0 aliphatic rings. The molecule has 0 spiro atoms. The second kappa shape index (κ2) is 8.84. The summed E-state index contributed by atoms with van der Waals surface area (Å²) >= 11 is 6.14. The van der Waals surface area contributed by atoms with Crippen LogP contribution in [0.2, 0.25) is 5.02 Å². The highest BCUT2D eigenvalue weighted by Gasteiger charge is 2.14. The Balaban J connectivity index is 1.54. The van der Waals surface area contributed by atoms with Crippen LogP contribution in [0.5, 0.6) is 5.75 Å². The van der Waals surface area contributed by atoms with Crippen molar-refractivity contribution >= 4 is 17.5 Å². The van der Waals surface area contributed by atoms with Crippen LogP contribution in [0.3, 0.4) is 0 Å². The van der Waals surface area contributed by atoms with Crippen molar-refractivity contribution in [3.05, 3.63) is 82.6 Å². The van der Waals surface area contributed by atoms with Crippen LogP contribution in [-0.4, -0.2) is 28.3 Å². The summed E-state index contributed by atoms with van der Waals surface area (Å²) in [4.78, 5) is 12.3. The lowest BCUT2D eigenvalue weighted by Gasteiger charge is -2.15. The Bertz CT molecular complexity index is 978. The van der Waals surface area contributed by atoms with Gasteiger partial charge in [-0.05, 0) is 30.7 Å². The van der Waals surface area contributed by atoms with E-state index < -0.39 is 17.7 Å². The van der Waals surface area contributed by atoms with Crippen LogP contribution in [0.25, 0.3) is 0 Å². The lowest BCUT2D eigenvalue weighted by molar-refractivity contribution is 0.0926. The van der Waals surface area contributed by atoms with Crippen LogP contribution in [0, 0.1) is 11.6 Å². The van der Waals surface area contributed by atoms with E-state index in [9.17, 15) is 13.6 Å². The average Bonchev–Trinajstić information content (AvgIpc) is 3.12. The zero-order valence-corrected chi connectivity index (χ0v) is 15.8. The number of ether oxygens (including phenoxy) is 1. The standard InChI is InChI=1S/C20H18ClF2N3O2/c1-13(12-28-19-7-6-16(22)8-18(19)23)25-20(27)15-9-24-26(11-15)10-14-4-2-3-5-17(14)21/h2-9,11,13H,10,12H2,1H3,(H,25,27). The Kier molecular flexibility index (Phi) is 6.26. The molecule has 8 heteroatoms. The van der Waals surface area contributed by atoms with E-state index >= 15 is 0 Å². The quantitative estimate of drug-likeness (QED) is 0.645. The van der Waals surface area contributed by atoms with Gasteiger partial charge in [-0.3, -0.25) is 9.48 Å². The lowest BCUT2D eigenvalue weighted by atomic mass is 10.2. The third-order valence-corrected chi connectivity index (χ3v) is 4.31. The van der Waals surface area contributed by atoms with Crippen molar-refractivity contribution in [2.75, 3.05) is 6.61 Å². The minimum Gasteiger partial charge on any atom is -0.488 e. The van der Waals surface area contributed by atoms with E-state index in [0.717, 1.165) is 17.7 Å². The molecule has 1 aromatic heterocycles. The van der Waals surface area contributed by atoms with Crippen LogP contribution in [0.15, 0.2) is 54.9 Å². The molecule has 0 aliphatic heterocycles. The van der Waals surface area contributed by atoms with E-state index in [1.54, 1.807) is 23.9 Å². The first-order valence-corrected chi connectivity index (χ1v) is 8.95. The lowest BCUT2D eigenvalue weighted by Crippen LogP contribution is -2.36. The van der Waals surface area contributed by atoms with Gasteiger partial charge in [0.1, 0.15) is 12.4 Å². The predicted octanol–water partition coefficient (Wildman–Crippen LogP) is 4.06. The van der Waals surface area contributed by atoms with Gasteiger partial charge >= 0.3 is 0 Å². The topological polar surface area (TPSA) is 56.1 Å². The number of hydrogen-bond acceptors (Lipinski definition) is 3. The monoisotopic (exact) mass is 405 g/mol. The van der Waals surface area contributed by atoms with Crippen LogP contribution in [0.1, 0.15) is 22.8 Å². The van der Waals surface area contributed by atoms with E-state index in [2.05, 4.69) is 10.4 Å². The summed E-state index contributed by atoms with van der Waals surface area (Å²) < 4.78 is 33.4. The fraction of sp³-hybridized carbons (Fsp3) is 0.200. The van der Waals surface area contributed by atoms with E-state index in [-0.39, 0.29) is 18.3 Å². The van der Waals surface area contributed by atoms with Crippen LogP contribution < -0.4 is 10.1 Å². The van der Waals surface area contributed by atoms with Gasteiger partial charge in [0.25, 0.3) is 5.91 Å². The summed E-state index contributed by atoms with van der Waals surface area (Å²) in [6.45, 7) is 2.19. The van der Waals surface area contributed by atoms with Crippen molar-refractivity contribution in [3.8, 4) is 5.75 Å². The molecule has 3 aromatic rings. The van der Waals surface area contributed by atoms with Crippen molar-refractivity contribution in [2.45, 2.75) is 19.5 Å². The van der Waals surface area contributed by atoms with Crippen molar-refractivity contribution in [1.29, 1.82) is 0 Å². The van der Waals surface area contributed by atoms with Gasteiger partial charge in [0.2, 0.25) is 0 Å². The zero-order chi connectivity index (χ0) is 20.1. The Morgan fingerprint density at radius 1 is 1.29 bits per heavy atom. The SMILES string of the molecule is CC(COc1ccc(F)cc1F)NC(=O)c1cnn(Cc2ccccc2Cl)c1. The Morgan fingerprint density at radius 3 is 2.82 bits per heavy atom. The van der Waals surface area contributed by atoms with Gasteiger partial charge in [-0.2, -0.15) is 5.10 Å². The number of halogens is 3. The van der Waals surface area contributed by atoms with Gasteiger partial charge in [0, 0.05) is 17.3 Å². The minimum atomic E-state index is -0.792. The highest BCUT2D eigenvalue weighted by atomic mass is 35.5. The molecule has 5 nitrogen and oxygen atoms in total. The van der Waals surface area contributed by atoms with E-state index in [4.69, 9.17) is 16.3 Å². The normalized spacial score (nSPS) is 11.9. The molecule has 1 unspecified atom stereocenters. The third-order valence-electron chi connectivity index (χ3n) is 3.95. The molecule has 0 saturated heterocycles. The number of rotatable bonds is 7. The van der Waals surface area contributed by atoms with Crippen molar-refractivity contribution < 1.29 is 18.3 Å². The maximum Gasteiger partial charge on any atom is 0.254 e. The number of nitrogens with one attached hydrogen (secondary N) is 1. The average molecular weight is 406 g/mol. The van der Waals surface area contributed by atoms with Crippen molar-refractivity contribution in [3.63, 3.8) is 0 Å². The third kappa shape index (κ3) is 5.07. The number of hydrogen-bond donors (Lipinski definition) is 1. The molecule has 146 valence electrons. The van der Waals surface area contributed by atoms with Gasteiger partial charge in [-0.15, -0.1) is 0 Å². The van der Waals surface area contributed by atoms with Gasteiger partial charge in [-0.1, -0.05) is 29.8 Å². The fourth-order valence-corrected chi connectivity index (χ4v) is 2.72. The Labute approximate surface area is 165 Å². The molecule has 0 fully saturated rings. The fourth-order valence-electron chi connectivity index (χ4n) is 2.52.